The normalized spacial score (nSPS) is 10.9. The Morgan fingerprint density at radius 1 is 0.958 bits per heavy atom. The Balaban J connectivity index is 2.03. The van der Waals surface area contributed by atoms with Crippen LogP contribution in [0.15, 0.2) is 60.8 Å². The molecular weight excluding hydrogens is 296 g/mol. The number of ether oxygens (including phenoxy) is 1. The minimum absolute atomic E-state index is 0.742. The number of methoxy groups -OCH3 is 1. The van der Waals surface area contributed by atoms with Crippen LogP contribution in [0, 0.1) is 18.3 Å². The predicted octanol–water partition coefficient (Wildman–Crippen LogP) is 4.92. The zero-order chi connectivity index (χ0) is 16.7. The molecule has 24 heavy (non-hydrogen) atoms. The molecule has 0 radical (unpaired) electrons. The van der Waals surface area contributed by atoms with Gasteiger partial charge in [0.05, 0.1) is 12.7 Å². The van der Waals surface area contributed by atoms with Crippen LogP contribution >= 0.6 is 0 Å². The lowest BCUT2D eigenvalue weighted by Crippen LogP contribution is -1.95. The van der Waals surface area contributed by atoms with Crippen LogP contribution in [-0.2, 0) is 0 Å². The van der Waals surface area contributed by atoms with E-state index in [1.807, 2.05) is 48.5 Å². The molecule has 1 heterocycles. The molecule has 2 aliphatic carbocycles. The molecule has 0 atom stereocenters. The largest absolute Gasteiger partial charge is 0.497 e. The molecule has 0 N–H and O–H groups in total. The van der Waals surface area contributed by atoms with Crippen LogP contribution in [0.5, 0.6) is 5.75 Å². The smallest absolute Gasteiger partial charge is 0.119 e. The Hall–Kier alpha value is -3.25. The molecule has 116 valence electrons. The standard InChI is InChI=1S/C21H16N2O/c1-14-21-18-7-5-3-4-6-17(18)19(12-22)20(21)13-23(14)15-8-10-16(24-2)11-9-15/h3-11,13H,1-2H3. The van der Waals surface area contributed by atoms with Crippen LogP contribution in [0.1, 0.15) is 11.3 Å². The van der Waals surface area contributed by atoms with Gasteiger partial charge in [0.2, 0.25) is 0 Å². The fraction of sp³-hybridized carbons (Fsp3) is 0.0952. The fourth-order valence-electron chi connectivity index (χ4n) is 3.40. The van der Waals surface area contributed by atoms with Crippen LogP contribution in [0.2, 0.25) is 0 Å². The number of hydrogen-bond donors (Lipinski definition) is 0. The summed E-state index contributed by atoms with van der Waals surface area (Å²) >= 11 is 0. The van der Waals surface area contributed by atoms with Crippen molar-refractivity contribution >= 4 is 10.8 Å². The summed E-state index contributed by atoms with van der Waals surface area (Å²) in [6, 6.07) is 20.4. The third-order valence-corrected chi connectivity index (χ3v) is 4.56. The maximum Gasteiger partial charge on any atom is 0.119 e. The number of nitriles is 1. The van der Waals surface area contributed by atoms with Gasteiger partial charge in [-0.1, -0.05) is 30.3 Å². The van der Waals surface area contributed by atoms with E-state index in [0.717, 1.165) is 44.6 Å². The molecule has 1 aromatic carbocycles. The minimum atomic E-state index is 0.742. The van der Waals surface area contributed by atoms with E-state index in [0.29, 0.717) is 0 Å². The van der Waals surface area contributed by atoms with E-state index in [1.54, 1.807) is 7.11 Å². The Morgan fingerprint density at radius 3 is 2.33 bits per heavy atom. The van der Waals surface area contributed by atoms with Gasteiger partial charge < -0.3 is 9.30 Å². The van der Waals surface area contributed by atoms with Gasteiger partial charge in [-0.3, -0.25) is 0 Å². The Bertz CT molecular complexity index is 1050. The van der Waals surface area contributed by atoms with Gasteiger partial charge in [-0.05, 0) is 36.8 Å². The zero-order valence-electron chi connectivity index (χ0n) is 13.6. The highest BCUT2D eigenvalue weighted by molar-refractivity contribution is 6.09. The van der Waals surface area contributed by atoms with Crippen molar-refractivity contribution in [3.05, 3.63) is 72.1 Å². The van der Waals surface area contributed by atoms with Crippen molar-refractivity contribution < 1.29 is 4.74 Å². The van der Waals surface area contributed by atoms with Crippen molar-refractivity contribution in [3.8, 4) is 28.6 Å². The molecule has 0 spiro atoms. The van der Waals surface area contributed by atoms with E-state index in [9.17, 15) is 5.26 Å². The van der Waals surface area contributed by atoms with E-state index in [4.69, 9.17) is 4.74 Å². The molecular formula is C21H16N2O. The van der Waals surface area contributed by atoms with Crippen molar-refractivity contribution in [2.24, 2.45) is 0 Å². The Labute approximate surface area is 140 Å². The van der Waals surface area contributed by atoms with Gasteiger partial charge in [0, 0.05) is 33.9 Å². The van der Waals surface area contributed by atoms with Crippen molar-refractivity contribution in [2.75, 3.05) is 7.11 Å². The molecule has 0 unspecified atom stereocenters. The molecule has 0 saturated carbocycles. The summed E-state index contributed by atoms with van der Waals surface area (Å²) in [5, 5.41) is 11.8. The number of aromatic nitrogens is 1. The summed E-state index contributed by atoms with van der Waals surface area (Å²) < 4.78 is 7.37. The quantitative estimate of drug-likeness (QED) is 0.526. The predicted molar refractivity (Wildman–Crippen MR) is 95.9 cm³/mol. The maximum atomic E-state index is 9.67. The highest BCUT2D eigenvalue weighted by Gasteiger charge is 2.21. The van der Waals surface area contributed by atoms with Crippen LogP contribution in [0.3, 0.4) is 0 Å². The lowest BCUT2D eigenvalue weighted by molar-refractivity contribution is 0.414. The van der Waals surface area contributed by atoms with Crippen LogP contribution in [-0.4, -0.2) is 11.7 Å². The molecule has 4 rings (SSSR count). The van der Waals surface area contributed by atoms with Gasteiger partial charge in [0.25, 0.3) is 0 Å². The summed E-state index contributed by atoms with van der Waals surface area (Å²) in [5.74, 6) is 0.831. The highest BCUT2D eigenvalue weighted by atomic mass is 16.5. The van der Waals surface area contributed by atoms with Gasteiger partial charge >= 0.3 is 0 Å². The highest BCUT2D eigenvalue weighted by Crippen LogP contribution is 2.41. The number of aryl methyl sites for hydroxylation is 1. The SMILES string of the molecule is COc1ccc(-n2cc3c(C#N)c4cccccc-4c3c2C)cc1. The van der Waals surface area contributed by atoms with E-state index < -0.39 is 0 Å². The van der Waals surface area contributed by atoms with Gasteiger partial charge in [0.1, 0.15) is 11.8 Å². The summed E-state index contributed by atoms with van der Waals surface area (Å²) in [4.78, 5) is 0. The second kappa shape index (κ2) is 5.43. The molecule has 0 saturated heterocycles. The van der Waals surface area contributed by atoms with E-state index in [-0.39, 0.29) is 0 Å². The average Bonchev–Trinajstić information content (AvgIpc) is 2.98. The third-order valence-electron chi connectivity index (χ3n) is 4.56. The number of rotatable bonds is 2. The second-order valence-corrected chi connectivity index (χ2v) is 5.80. The first-order valence-electron chi connectivity index (χ1n) is 7.81. The summed E-state index contributed by atoms with van der Waals surface area (Å²) in [5.41, 5.74) is 5.06. The molecule has 0 amide bonds. The fourth-order valence-corrected chi connectivity index (χ4v) is 3.40. The van der Waals surface area contributed by atoms with E-state index >= 15 is 0 Å². The topological polar surface area (TPSA) is 38.0 Å². The van der Waals surface area contributed by atoms with Crippen molar-refractivity contribution in [3.63, 3.8) is 0 Å². The summed E-state index contributed by atoms with van der Waals surface area (Å²) in [6.45, 7) is 2.10. The van der Waals surface area contributed by atoms with Crippen molar-refractivity contribution in [1.29, 1.82) is 5.26 Å². The molecule has 2 aromatic rings. The van der Waals surface area contributed by atoms with Gasteiger partial charge in [-0.15, -0.1) is 0 Å². The Kier molecular flexibility index (Phi) is 3.25. The summed E-state index contributed by atoms with van der Waals surface area (Å²) in [7, 11) is 1.66. The third kappa shape index (κ3) is 1.97. The summed E-state index contributed by atoms with van der Waals surface area (Å²) in [6.07, 6.45) is 2.06. The maximum absolute atomic E-state index is 9.67. The zero-order valence-corrected chi connectivity index (χ0v) is 13.6. The second-order valence-electron chi connectivity index (χ2n) is 5.80. The number of fused-ring (bicyclic) bond motifs is 3. The molecule has 0 bridgehead atoms. The number of nitrogens with zero attached hydrogens (tertiary/aromatic N) is 2. The first-order valence-corrected chi connectivity index (χ1v) is 7.81. The molecule has 3 nitrogen and oxygen atoms in total. The van der Waals surface area contributed by atoms with Crippen LogP contribution in [0.4, 0.5) is 0 Å². The molecule has 1 aromatic heterocycles. The monoisotopic (exact) mass is 312 g/mol. The number of benzene rings is 1. The lowest BCUT2D eigenvalue weighted by Gasteiger charge is -2.08. The average molecular weight is 312 g/mol. The first-order chi connectivity index (χ1) is 11.7. The van der Waals surface area contributed by atoms with Crippen molar-refractivity contribution in [2.45, 2.75) is 6.92 Å². The molecule has 3 heteroatoms. The van der Waals surface area contributed by atoms with Crippen LogP contribution < -0.4 is 4.74 Å². The van der Waals surface area contributed by atoms with E-state index in [2.05, 4.69) is 29.8 Å². The first kappa shape index (κ1) is 14.3. The van der Waals surface area contributed by atoms with E-state index in [1.165, 1.54) is 0 Å². The van der Waals surface area contributed by atoms with Gasteiger partial charge in [-0.2, -0.15) is 5.26 Å². The Morgan fingerprint density at radius 2 is 1.67 bits per heavy atom. The van der Waals surface area contributed by atoms with Crippen molar-refractivity contribution in [1.82, 2.24) is 4.57 Å². The number of hydrogen-bond acceptors (Lipinski definition) is 2. The molecule has 0 aliphatic heterocycles. The molecule has 0 fully saturated rings. The minimum Gasteiger partial charge on any atom is -0.497 e. The van der Waals surface area contributed by atoms with Crippen LogP contribution in [0.25, 0.3) is 27.6 Å². The molecule has 2 aliphatic rings. The lowest BCUT2D eigenvalue weighted by atomic mass is 10.1. The van der Waals surface area contributed by atoms with Gasteiger partial charge in [0.15, 0.2) is 0 Å². The van der Waals surface area contributed by atoms with Gasteiger partial charge in [-0.25, -0.2) is 0 Å².